The lowest BCUT2D eigenvalue weighted by molar-refractivity contribution is 0.0994. The van der Waals surface area contributed by atoms with Crippen LogP contribution in [0.25, 0.3) is 11.4 Å². The highest BCUT2D eigenvalue weighted by Crippen LogP contribution is 2.28. The Bertz CT molecular complexity index is 815. The average molecular weight is 337 g/mol. The number of hydrogen-bond donors (Lipinski definition) is 0. The molecule has 122 valence electrons. The molecule has 0 aliphatic heterocycles. The van der Waals surface area contributed by atoms with Crippen LogP contribution in [0.3, 0.4) is 0 Å². The summed E-state index contributed by atoms with van der Waals surface area (Å²) in [7, 11) is 0. The number of Topliss-reactive ketones (excluding diaryl/α,β-unsaturated/α-hetero) is 1. The highest BCUT2D eigenvalue weighted by atomic mass is 32.2. The summed E-state index contributed by atoms with van der Waals surface area (Å²) in [5.74, 6) is 0.937. The third-order valence-electron chi connectivity index (χ3n) is 3.77. The van der Waals surface area contributed by atoms with E-state index in [-0.39, 0.29) is 11.0 Å². The predicted octanol–water partition coefficient (Wildman–Crippen LogP) is 4.33. The van der Waals surface area contributed by atoms with Gasteiger partial charge in [-0.2, -0.15) is 0 Å². The fourth-order valence-electron chi connectivity index (χ4n) is 2.51. The molecule has 3 rings (SSSR count). The summed E-state index contributed by atoms with van der Waals surface area (Å²) in [5, 5.41) is 9.18. The molecule has 0 radical (unpaired) electrons. The fraction of sp³-hybridized carbons (Fsp3) is 0.211. The Labute approximate surface area is 145 Å². The molecule has 0 unspecified atom stereocenters. The van der Waals surface area contributed by atoms with E-state index in [1.54, 1.807) is 0 Å². The zero-order valence-corrected chi connectivity index (χ0v) is 14.5. The van der Waals surface area contributed by atoms with E-state index in [0.717, 1.165) is 28.7 Å². The molecule has 0 aliphatic carbocycles. The Morgan fingerprint density at radius 2 is 1.67 bits per heavy atom. The van der Waals surface area contributed by atoms with Crippen molar-refractivity contribution in [1.29, 1.82) is 0 Å². The SMILES string of the molecule is CCn1c(S[C@@H](C)C(=O)c2ccccc2)nnc1-c1ccccc1. The summed E-state index contributed by atoms with van der Waals surface area (Å²) >= 11 is 1.45. The number of aromatic nitrogens is 3. The molecule has 0 saturated carbocycles. The van der Waals surface area contributed by atoms with Crippen LogP contribution in [0, 0.1) is 0 Å². The highest BCUT2D eigenvalue weighted by Gasteiger charge is 2.21. The van der Waals surface area contributed by atoms with E-state index in [1.807, 2.05) is 67.6 Å². The topological polar surface area (TPSA) is 47.8 Å². The highest BCUT2D eigenvalue weighted by molar-refractivity contribution is 8.00. The number of thioether (sulfide) groups is 1. The number of benzene rings is 2. The molecular weight excluding hydrogens is 318 g/mol. The van der Waals surface area contributed by atoms with E-state index in [0.29, 0.717) is 0 Å². The third-order valence-corrected chi connectivity index (χ3v) is 4.86. The van der Waals surface area contributed by atoms with Crippen LogP contribution in [0.5, 0.6) is 0 Å². The van der Waals surface area contributed by atoms with Gasteiger partial charge in [-0.15, -0.1) is 10.2 Å². The predicted molar refractivity (Wildman–Crippen MR) is 97.2 cm³/mol. The van der Waals surface area contributed by atoms with Gasteiger partial charge in [-0.1, -0.05) is 72.4 Å². The molecular formula is C19H19N3OS. The second-order valence-corrected chi connectivity index (χ2v) is 6.71. The number of carbonyl (C=O) groups excluding carboxylic acids is 1. The van der Waals surface area contributed by atoms with Crippen molar-refractivity contribution < 1.29 is 4.79 Å². The Hall–Kier alpha value is -2.40. The summed E-state index contributed by atoms with van der Waals surface area (Å²) in [6.07, 6.45) is 0. The van der Waals surface area contributed by atoms with Crippen LogP contribution in [0.4, 0.5) is 0 Å². The summed E-state index contributed by atoms with van der Waals surface area (Å²) in [4.78, 5) is 12.5. The number of ketones is 1. The van der Waals surface area contributed by atoms with E-state index in [4.69, 9.17) is 0 Å². The number of nitrogens with zero attached hydrogens (tertiary/aromatic N) is 3. The molecule has 0 N–H and O–H groups in total. The maximum absolute atomic E-state index is 12.5. The van der Waals surface area contributed by atoms with Gasteiger partial charge in [0.2, 0.25) is 0 Å². The van der Waals surface area contributed by atoms with Gasteiger partial charge in [0.15, 0.2) is 16.8 Å². The minimum absolute atomic E-state index is 0.104. The maximum Gasteiger partial charge on any atom is 0.192 e. The summed E-state index contributed by atoms with van der Waals surface area (Å²) in [6, 6.07) is 19.3. The minimum atomic E-state index is -0.217. The standard InChI is InChI=1S/C19H19N3OS/c1-3-22-18(16-12-8-5-9-13-16)20-21-19(22)24-14(2)17(23)15-10-6-4-7-11-15/h4-14H,3H2,1-2H3/t14-/m0/s1. The molecule has 0 fully saturated rings. The van der Waals surface area contributed by atoms with E-state index in [9.17, 15) is 4.79 Å². The van der Waals surface area contributed by atoms with Crippen LogP contribution in [-0.4, -0.2) is 25.8 Å². The van der Waals surface area contributed by atoms with Gasteiger partial charge in [-0.3, -0.25) is 4.79 Å². The average Bonchev–Trinajstić information content (AvgIpc) is 3.05. The van der Waals surface area contributed by atoms with Crippen LogP contribution < -0.4 is 0 Å². The molecule has 0 aliphatic rings. The van der Waals surface area contributed by atoms with Crippen molar-refractivity contribution in [2.24, 2.45) is 0 Å². The zero-order valence-electron chi connectivity index (χ0n) is 13.7. The largest absolute Gasteiger partial charge is 0.302 e. The van der Waals surface area contributed by atoms with Gasteiger partial charge in [0.25, 0.3) is 0 Å². The molecule has 24 heavy (non-hydrogen) atoms. The Kier molecular flexibility index (Phi) is 5.11. The van der Waals surface area contributed by atoms with E-state index in [1.165, 1.54) is 11.8 Å². The number of hydrogen-bond acceptors (Lipinski definition) is 4. The van der Waals surface area contributed by atoms with Crippen molar-refractivity contribution in [3.63, 3.8) is 0 Å². The second-order valence-electron chi connectivity index (χ2n) is 5.41. The normalized spacial score (nSPS) is 12.1. The zero-order chi connectivity index (χ0) is 16.9. The maximum atomic E-state index is 12.5. The monoisotopic (exact) mass is 337 g/mol. The Morgan fingerprint density at radius 3 is 2.29 bits per heavy atom. The van der Waals surface area contributed by atoms with Gasteiger partial charge < -0.3 is 4.57 Å². The molecule has 4 nitrogen and oxygen atoms in total. The van der Waals surface area contributed by atoms with Crippen LogP contribution >= 0.6 is 11.8 Å². The van der Waals surface area contributed by atoms with Crippen molar-refractivity contribution in [3.05, 3.63) is 66.2 Å². The third kappa shape index (κ3) is 3.41. The first-order valence-electron chi connectivity index (χ1n) is 7.95. The molecule has 0 saturated heterocycles. The smallest absolute Gasteiger partial charge is 0.192 e. The minimum Gasteiger partial charge on any atom is -0.302 e. The van der Waals surface area contributed by atoms with Gasteiger partial charge in [0, 0.05) is 17.7 Å². The van der Waals surface area contributed by atoms with E-state index < -0.39 is 0 Å². The van der Waals surface area contributed by atoms with Gasteiger partial charge >= 0.3 is 0 Å². The van der Waals surface area contributed by atoms with Crippen LogP contribution in [-0.2, 0) is 6.54 Å². The molecule has 1 atom stereocenters. The molecule has 0 amide bonds. The van der Waals surface area contributed by atoms with Crippen LogP contribution in [0.15, 0.2) is 65.8 Å². The van der Waals surface area contributed by atoms with Crippen molar-refractivity contribution in [2.75, 3.05) is 0 Å². The Morgan fingerprint density at radius 1 is 1.04 bits per heavy atom. The summed E-state index contributed by atoms with van der Waals surface area (Å²) < 4.78 is 2.05. The molecule has 2 aromatic carbocycles. The molecule has 5 heteroatoms. The van der Waals surface area contributed by atoms with Crippen molar-refractivity contribution >= 4 is 17.5 Å². The van der Waals surface area contributed by atoms with Crippen LogP contribution in [0.2, 0.25) is 0 Å². The van der Waals surface area contributed by atoms with E-state index >= 15 is 0 Å². The molecule has 3 aromatic rings. The lowest BCUT2D eigenvalue weighted by atomic mass is 10.1. The Balaban J connectivity index is 1.83. The fourth-order valence-corrected chi connectivity index (χ4v) is 3.50. The number of rotatable bonds is 6. The summed E-state index contributed by atoms with van der Waals surface area (Å²) in [6.45, 7) is 4.73. The van der Waals surface area contributed by atoms with Gasteiger partial charge in [-0.05, 0) is 13.8 Å². The van der Waals surface area contributed by atoms with Crippen molar-refractivity contribution in [2.45, 2.75) is 30.8 Å². The lowest BCUT2D eigenvalue weighted by Gasteiger charge is -2.11. The van der Waals surface area contributed by atoms with Gasteiger partial charge in [-0.25, -0.2) is 0 Å². The van der Waals surface area contributed by atoms with Crippen molar-refractivity contribution in [3.8, 4) is 11.4 Å². The molecule has 1 aromatic heterocycles. The van der Waals surface area contributed by atoms with Crippen LogP contribution in [0.1, 0.15) is 24.2 Å². The molecule has 1 heterocycles. The van der Waals surface area contributed by atoms with Gasteiger partial charge in [0.1, 0.15) is 0 Å². The van der Waals surface area contributed by atoms with E-state index in [2.05, 4.69) is 21.7 Å². The second kappa shape index (κ2) is 7.45. The first-order chi connectivity index (χ1) is 11.7. The number of carbonyl (C=O) groups is 1. The van der Waals surface area contributed by atoms with Gasteiger partial charge in [0.05, 0.1) is 5.25 Å². The molecule has 0 bridgehead atoms. The quantitative estimate of drug-likeness (QED) is 0.496. The first-order valence-corrected chi connectivity index (χ1v) is 8.83. The summed E-state index contributed by atoms with van der Waals surface area (Å²) in [5.41, 5.74) is 1.75. The molecule has 0 spiro atoms. The first kappa shape index (κ1) is 16.5. The lowest BCUT2D eigenvalue weighted by Crippen LogP contribution is -2.14. The van der Waals surface area contributed by atoms with Crippen molar-refractivity contribution in [1.82, 2.24) is 14.8 Å².